The van der Waals surface area contributed by atoms with Crippen LogP contribution < -0.4 is 5.32 Å². The molecule has 1 saturated heterocycles. The molecule has 3 rings (SSSR count). The first kappa shape index (κ1) is 14.3. The third-order valence-corrected chi connectivity index (χ3v) is 5.09. The van der Waals surface area contributed by atoms with Gasteiger partial charge >= 0.3 is 0 Å². The Morgan fingerprint density at radius 2 is 1.43 bits per heavy atom. The zero-order valence-corrected chi connectivity index (χ0v) is 12.9. The molecule has 1 nitrogen and oxygen atoms in total. The van der Waals surface area contributed by atoms with Crippen molar-refractivity contribution in [2.24, 2.45) is 11.3 Å². The normalized spacial score (nSPS) is 21.1. The molecule has 0 aromatic heterocycles. The lowest BCUT2D eigenvalue weighted by molar-refractivity contribution is 0.120. The molecule has 0 radical (unpaired) electrons. The highest BCUT2D eigenvalue weighted by Gasteiger charge is 2.38. The molecule has 0 bridgehead atoms. The minimum atomic E-state index is 0.383. The second kappa shape index (κ2) is 6.44. The predicted molar refractivity (Wildman–Crippen MR) is 89.4 cm³/mol. The quantitative estimate of drug-likeness (QED) is 0.889. The molecule has 1 atom stereocenters. The van der Waals surface area contributed by atoms with Gasteiger partial charge in [-0.1, -0.05) is 67.6 Å². The van der Waals surface area contributed by atoms with Crippen molar-refractivity contribution < 1.29 is 0 Å². The summed E-state index contributed by atoms with van der Waals surface area (Å²) in [7, 11) is 0. The summed E-state index contributed by atoms with van der Waals surface area (Å²) in [6, 6.07) is 22.0. The van der Waals surface area contributed by atoms with Crippen LogP contribution in [0.2, 0.25) is 0 Å². The van der Waals surface area contributed by atoms with Crippen LogP contribution in [0.5, 0.6) is 0 Å². The summed E-state index contributed by atoms with van der Waals surface area (Å²) in [5.74, 6) is 0.701. The zero-order valence-electron chi connectivity index (χ0n) is 12.9. The molecule has 2 aromatic rings. The molecule has 0 saturated carbocycles. The SMILES string of the molecule is CC1CNCCC1(Cc1ccccc1)Cc1ccccc1. The van der Waals surface area contributed by atoms with E-state index >= 15 is 0 Å². The Balaban J connectivity index is 1.87. The van der Waals surface area contributed by atoms with Gasteiger partial charge in [-0.3, -0.25) is 0 Å². The van der Waals surface area contributed by atoms with E-state index in [2.05, 4.69) is 72.9 Å². The summed E-state index contributed by atoms with van der Waals surface area (Å²) >= 11 is 0. The molecule has 0 amide bonds. The minimum Gasteiger partial charge on any atom is -0.316 e. The van der Waals surface area contributed by atoms with E-state index < -0.39 is 0 Å². The van der Waals surface area contributed by atoms with E-state index in [1.165, 1.54) is 30.4 Å². The van der Waals surface area contributed by atoms with Crippen LogP contribution in [-0.4, -0.2) is 13.1 Å². The molecule has 1 aliphatic rings. The molecule has 1 unspecified atom stereocenters. The standard InChI is InChI=1S/C20H25N/c1-17-16-21-13-12-20(17,14-18-8-4-2-5-9-18)15-19-10-6-3-7-11-19/h2-11,17,21H,12-16H2,1H3. The molecule has 21 heavy (non-hydrogen) atoms. The first-order valence-corrected chi connectivity index (χ1v) is 8.07. The molecule has 1 heterocycles. The Bertz CT molecular complexity index is 505. The van der Waals surface area contributed by atoms with Gasteiger partial charge in [-0.15, -0.1) is 0 Å². The van der Waals surface area contributed by atoms with Crippen molar-refractivity contribution in [3.8, 4) is 0 Å². The Labute approximate surface area is 128 Å². The van der Waals surface area contributed by atoms with E-state index in [9.17, 15) is 0 Å². The highest BCUT2D eigenvalue weighted by atomic mass is 14.9. The fourth-order valence-electron chi connectivity index (χ4n) is 3.71. The molecular weight excluding hydrogens is 254 g/mol. The maximum atomic E-state index is 3.56. The van der Waals surface area contributed by atoms with Crippen LogP contribution in [-0.2, 0) is 12.8 Å². The average molecular weight is 279 g/mol. The van der Waals surface area contributed by atoms with Gasteiger partial charge in [0.05, 0.1) is 0 Å². The molecule has 1 N–H and O–H groups in total. The second-order valence-electron chi connectivity index (χ2n) is 6.54. The van der Waals surface area contributed by atoms with Gasteiger partial charge in [-0.05, 0) is 54.8 Å². The topological polar surface area (TPSA) is 12.0 Å². The molecule has 2 aromatic carbocycles. The Hall–Kier alpha value is -1.60. The molecule has 0 aliphatic carbocycles. The average Bonchev–Trinajstić information content (AvgIpc) is 2.52. The highest BCUT2D eigenvalue weighted by molar-refractivity contribution is 5.22. The van der Waals surface area contributed by atoms with E-state index in [1.54, 1.807) is 0 Å². The summed E-state index contributed by atoms with van der Waals surface area (Å²) < 4.78 is 0. The van der Waals surface area contributed by atoms with Crippen molar-refractivity contribution in [3.63, 3.8) is 0 Å². The van der Waals surface area contributed by atoms with Crippen molar-refractivity contribution >= 4 is 0 Å². The third-order valence-electron chi connectivity index (χ3n) is 5.09. The predicted octanol–water partition coefficient (Wildman–Crippen LogP) is 4.09. The molecule has 1 aliphatic heterocycles. The van der Waals surface area contributed by atoms with E-state index in [4.69, 9.17) is 0 Å². The molecule has 110 valence electrons. The third kappa shape index (κ3) is 3.36. The maximum Gasteiger partial charge on any atom is -0.00176 e. The number of rotatable bonds is 4. The Morgan fingerprint density at radius 1 is 0.905 bits per heavy atom. The van der Waals surface area contributed by atoms with E-state index in [-0.39, 0.29) is 0 Å². The smallest absolute Gasteiger partial charge is 0.00176 e. The van der Waals surface area contributed by atoms with Crippen molar-refractivity contribution in [2.75, 3.05) is 13.1 Å². The summed E-state index contributed by atoms with van der Waals surface area (Å²) in [6.45, 7) is 4.70. The van der Waals surface area contributed by atoms with Crippen LogP contribution in [0, 0.1) is 11.3 Å². The number of piperidine rings is 1. The van der Waals surface area contributed by atoms with Crippen molar-refractivity contribution in [3.05, 3.63) is 71.8 Å². The van der Waals surface area contributed by atoms with Crippen LogP contribution in [0.25, 0.3) is 0 Å². The minimum absolute atomic E-state index is 0.383. The second-order valence-corrected chi connectivity index (χ2v) is 6.54. The lowest BCUT2D eigenvalue weighted by atomic mass is 9.64. The monoisotopic (exact) mass is 279 g/mol. The van der Waals surface area contributed by atoms with Gasteiger partial charge < -0.3 is 5.32 Å². The fourth-order valence-corrected chi connectivity index (χ4v) is 3.71. The molecular formula is C20H25N. The fraction of sp³-hybridized carbons (Fsp3) is 0.400. The summed E-state index contributed by atoms with van der Waals surface area (Å²) in [5, 5.41) is 3.56. The van der Waals surface area contributed by atoms with Gasteiger partial charge in [-0.2, -0.15) is 0 Å². The van der Waals surface area contributed by atoms with Gasteiger partial charge in [0, 0.05) is 0 Å². The van der Waals surface area contributed by atoms with Crippen LogP contribution in [0.15, 0.2) is 60.7 Å². The summed E-state index contributed by atoms with van der Waals surface area (Å²) in [4.78, 5) is 0. The highest BCUT2D eigenvalue weighted by Crippen LogP contribution is 2.40. The van der Waals surface area contributed by atoms with Gasteiger partial charge in [-0.25, -0.2) is 0 Å². The first-order chi connectivity index (χ1) is 10.3. The van der Waals surface area contributed by atoms with E-state index in [1.807, 2.05) is 0 Å². The lowest BCUT2D eigenvalue weighted by Crippen LogP contribution is -2.46. The maximum absolute atomic E-state index is 3.56. The van der Waals surface area contributed by atoms with Crippen molar-refractivity contribution in [1.29, 1.82) is 0 Å². The number of benzene rings is 2. The molecule has 1 heteroatoms. The lowest BCUT2D eigenvalue weighted by Gasteiger charge is -2.44. The van der Waals surface area contributed by atoms with Crippen LogP contribution in [0.3, 0.4) is 0 Å². The van der Waals surface area contributed by atoms with Crippen molar-refractivity contribution in [1.82, 2.24) is 5.32 Å². The van der Waals surface area contributed by atoms with Crippen LogP contribution in [0.1, 0.15) is 24.5 Å². The zero-order chi connectivity index (χ0) is 14.5. The Kier molecular flexibility index (Phi) is 4.40. The van der Waals surface area contributed by atoms with E-state index in [0.717, 1.165) is 13.1 Å². The number of hydrogen-bond acceptors (Lipinski definition) is 1. The summed E-state index contributed by atoms with van der Waals surface area (Å²) in [6.07, 6.45) is 3.63. The first-order valence-electron chi connectivity index (χ1n) is 8.07. The molecule has 1 fully saturated rings. The largest absolute Gasteiger partial charge is 0.316 e. The number of hydrogen-bond donors (Lipinski definition) is 1. The molecule has 0 spiro atoms. The van der Waals surface area contributed by atoms with Gasteiger partial charge in [0.15, 0.2) is 0 Å². The Morgan fingerprint density at radius 3 is 1.90 bits per heavy atom. The van der Waals surface area contributed by atoms with Gasteiger partial charge in [0.2, 0.25) is 0 Å². The van der Waals surface area contributed by atoms with Crippen LogP contribution >= 0.6 is 0 Å². The van der Waals surface area contributed by atoms with Crippen molar-refractivity contribution in [2.45, 2.75) is 26.2 Å². The van der Waals surface area contributed by atoms with E-state index in [0.29, 0.717) is 11.3 Å². The summed E-state index contributed by atoms with van der Waals surface area (Å²) in [5.41, 5.74) is 3.33. The van der Waals surface area contributed by atoms with Gasteiger partial charge in [0.25, 0.3) is 0 Å². The van der Waals surface area contributed by atoms with Gasteiger partial charge in [0.1, 0.15) is 0 Å². The van der Waals surface area contributed by atoms with Crippen LogP contribution in [0.4, 0.5) is 0 Å². The number of nitrogens with one attached hydrogen (secondary N) is 1.